The first kappa shape index (κ1) is 12.2. The second-order valence-electron chi connectivity index (χ2n) is 2.58. The summed E-state index contributed by atoms with van der Waals surface area (Å²) in [4.78, 5) is 0. The number of ether oxygens (including phenoxy) is 1. The lowest BCUT2D eigenvalue weighted by molar-refractivity contribution is 0.306. The van der Waals surface area contributed by atoms with Gasteiger partial charge in [0, 0.05) is 6.07 Å². The van der Waals surface area contributed by atoms with Crippen molar-refractivity contribution in [2.45, 2.75) is 0 Å². The molecule has 0 saturated carbocycles. The van der Waals surface area contributed by atoms with E-state index in [9.17, 15) is 0 Å². The van der Waals surface area contributed by atoms with E-state index in [1.54, 1.807) is 0 Å². The molecule has 0 aliphatic rings. The summed E-state index contributed by atoms with van der Waals surface area (Å²) in [6.45, 7) is -0.0891. The Morgan fingerprint density at radius 2 is 1.87 bits per heavy atom. The number of hydrogen-bond donors (Lipinski definition) is 2. The van der Waals surface area contributed by atoms with E-state index in [0.717, 1.165) is 0 Å². The Morgan fingerprint density at radius 3 is 2.47 bits per heavy atom. The fraction of sp³-hybridized carbons (Fsp3) is 0.125. The van der Waals surface area contributed by atoms with Crippen LogP contribution in [0.2, 0.25) is 15.1 Å². The van der Waals surface area contributed by atoms with Gasteiger partial charge in [0.25, 0.3) is 0 Å². The molecule has 0 spiro atoms. The molecule has 0 bridgehead atoms. The molecule has 0 fully saturated rings. The highest BCUT2D eigenvalue weighted by Crippen LogP contribution is 2.33. The molecule has 4 nitrogen and oxygen atoms in total. The largest absolute Gasteiger partial charge is 0.484 e. The van der Waals surface area contributed by atoms with Crippen molar-refractivity contribution in [3.63, 3.8) is 0 Å². The Balaban J connectivity index is 2.82. The second-order valence-corrected chi connectivity index (χ2v) is 3.80. The highest BCUT2D eigenvalue weighted by atomic mass is 35.5. The molecular weight excluding hydrogens is 262 g/mol. The van der Waals surface area contributed by atoms with Crippen LogP contribution in [0, 0.1) is 0 Å². The summed E-state index contributed by atoms with van der Waals surface area (Å²) in [5.41, 5.74) is 5.21. The lowest BCUT2D eigenvalue weighted by Gasteiger charge is -2.08. The summed E-state index contributed by atoms with van der Waals surface area (Å²) < 4.78 is 5.13. The van der Waals surface area contributed by atoms with E-state index in [1.807, 2.05) is 0 Å². The molecule has 15 heavy (non-hydrogen) atoms. The fourth-order valence-corrected chi connectivity index (χ4v) is 1.39. The van der Waals surface area contributed by atoms with Gasteiger partial charge in [-0.25, -0.2) is 0 Å². The molecule has 1 aromatic rings. The maximum absolute atomic E-state index is 8.28. The molecule has 1 aromatic carbocycles. The zero-order valence-electron chi connectivity index (χ0n) is 7.38. The Morgan fingerprint density at radius 1 is 1.27 bits per heavy atom. The van der Waals surface area contributed by atoms with Crippen molar-refractivity contribution in [3.05, 3.63) is 27.2 Å². The van der Waals surface area contributed by atoms with Gasteiger partial charge >= 0.3 is 0 Å². The van der Waals surface area contributed by atoms with Crippen LogP contribution in [0.1, 0.15) is 0 Å². The van der Waals surface area contributed by atoms with Crippen LogP contribution in [-0.4, -0.2) is 17.6 Å². The van der Waals surface area contributed by atoms with Crippen LogP contribution in [0.25, 0.3) is 0 Å². The highest BCUT2D eigenvalue weighted by Gasteiger charge is 2.07. The minimum absolute atomic E-state index is 0.0721. The number of nitrogens with zero attached hydrogens (tertiary/aromatic N) is 1. The molecule has 0 saturated heterocycles. The number of halogens is 3. The number of rotatable bonds is 3. The van der Waals surface area contributed by atoms with Crippen LogP contribution >= 0.6 is 34.8 Å². The number of hydrogen-bond acceptors (Lipinski definition) is 3. The molecule has 0 heterocycles. The lowest BCUT2D eigenvalue weighted by atomic mass is 10.3. The smallest absolute Gasteiger partial charge is 0.177 e. The predicted octanol–water partition coefficient (Wildman–Crippen LogP) is 2.77. The Labute approximate surface area is 101 Å². The van der Waals surface area contributed by atoms with Crippen molar-refractivity contribution in [1.29, 1.82) is 0 Å². The Kier molecular flexibility index (Phi) is 4.32. The fourth-order valence-electron chi connectivity index (χ4n) is 0.795. The van der Waals surface area contributed by atoms with Crippen LogP contribution in [0.4, 0.5) is 0 Å². The standard InChI is InChI=1S/C8H7Cl3N2O2/c9-4-1-6(11)7(2-5(4)10)15-3-8(12)13-14/h1-2,14H,3H2,(H2,12,13). The van der Waals surface area contributed by atoms with E-state index in [1.165, 1.54) is 12.1 Å². The summed E-state index contributed by atoms with van der Waals surface area (Å²) in [6, 6.07) is 2.91. The molecule has 0 atom stereocenters. The van der Waals surface area contributed by atoms with E-state index in [4.69, 9.17) is 50.5 Å². The summed E-state index contributed by atoms with van der Waals surface area (Å²) in [5, 5.41) is 12.0. The molecule has 7 heteroatoms. The van der Waals surface area contributed by atoms with E-state index in [0.29, 0.717) is 20.8 Å². The molecule has 0 amide bonds. The van der Waals surface area contributed by atoms with Crippen LogP contribution < -0.4 is 10.5 Å². The predicted molar refractivity (Wildman–Crippen MR) is 60.4 cm³/mol. The first-order chi connectivity index (χ1) is 7.04. The zero-order valence-corrected chi connectivity index (χ0v) is 9.64. The minimum Gasteiger partial charge on any atom is -0.484 e. The third-order valence-electron chi connectivity index (χ3n) is 1.48. The number of oxime groups is 1. The van der Waals surface area contributed by atoms with Crippen molar-refractivity contribution in [2.75, 3.05) is 6.61 Å². The molecule has 0 unspecified atom stereocenters. The lowest BCUT2D eigenvalue weighted by Crippen LogP contribution is -2.20. The van der Waals surface area contributed by atoms with Crippen molar-refractivity contribution in [1.82, 2.24) is 0 Å². The van der Waals surface area contributed by atoms with Gasteiger partial charge in [0.15, 0.2) is 5.84 Å². The van der Waals surface area contributed by atoms with E-state index in [-0.39, 0.29) is 12.4 Å². The van der Waals surface area contributed by atoms with Gasteiger partial charge in [0.05, 0.1) is 15.1 Å². The quantitative estimate of drug-likeness (QED) is 0.291. The van der Waals surface area contributed by atoms with Gasteiger partial charge in [-0.15, -0.1) is 0 Å². The second kappa shape index (κ2) is 5.30. The maximum atomic E-state index is 8.28. The molecule has 0 aliphatic heterocycles. The number of benzene rings is 1. The van der Waals surface area contributed by atoms with Crippen LogP contribution in [0.5, 0.6) is 5.75 Å². The van der Waals surface area contributed by atoms with Gasteiger partial charge in [-0.1, -0.05) is 40.0 Å². The van der Waals surface area contributed by atoms with Gasteiger partial charge in [0.2, 0.25) is 0 Å². The number of amidine groups is 1. The van der Waals surface area contributed by atoms with Crippen LogP contribution in [-0.2, 0) is 0 Å². The summed E-state index contributed by atoms with van der Waals surface area (Å²) in [7, 11) is 0. The SMILES string of the molecule is NC(COc1cc(Cl)c(Cl)cc1Cl)=NO. The Bertz CT molecular complexity index is 396. The van der Waals surface area contributed by atoms with Crippen molar-refractivity contribution in [3.8, 4) is 5.75 Å². The molecule has 0 aliphatic carbocycles. The van der Waals surface area contributed by atoms with Gasteiger partial charge in [-0.05, 0) is 6.07 Å². The minimum atomic E-state index is -0.0891. The third kappa shape index (κ3) is 3.34. The van der Waals surface area contributed by atoms with Gasteiger partial charge in [0.1, 0.15) is 12.4 Å². The average molecular weight is 270 g/mol. The zero-order chi connectivity index (χ0) is 11.4. The molecule has 82 valence electrons. The van der Waals surface area contributed by atoms with Crippen molar-refractivity contribution < 1.29 is 9.94 Å². The van der Waals surface area contributed by atoms with E-state index in [2.05, 4.69) is 5.16 Å². The summed E-state index contributed by atoms with van der Waals surface area (Å²) in [6.07, 6.45) is 0. The van der Waals surface area contributed by atoms with Crippen LogP contribution in [0.3, 0.4) is 0 Å². The van der Waals surface area contributed by atoms with E-state index < -0.39 is 0 Å². The molecule has 0 aromatic heterocycles. The van der Waals surface area contributed by atoms with E-state index >= 15 is 0 Å². The van der Waals surface area contributed by atoms with Crippen molar-refractivity contribution >= 4 is 40.6 Å². The maximum Gasteiger partial charge on any atom is 0.177 e. The topological polar surface area (TPSA) is 67.8 Å². The monoisotopic (exact) mass is 268 g/mol. The molecule has 3 N–H and O–H groups in total. The summed E-state index contributed by atoms with van der Waals surface area (Å²) in [5.74, 6) is 0.245. The number of nitrogens with two attached hydrogens (primary N) is 1. The highest BCUT2D eigenvalue weighted by molar-refractivity contribution is 6.43. The third-order valence-corrected chi connectivity index (χ3v) is 2.50. The Hall–Kier alpha value is -0.840. The summed E-state index contributed by atoms with van der Waals surface area (Å²) >= 11 is 17.3. The van der Waals surface area contributed by atoms with Crippen molar-refractivity contribution in [2.24, 2.45) is 10.9 Å². The van der Waals surface area contributed by atoms with Crippen LogP contribution in [0.15, 0.2) is 17.3 Å². The molecular formula is C8H7Cl3N2O2. The molecule has 1 rings (SSSR count). The van der Waals surface area contributed by atoms with Gasteiger partial charge in [-0.2, -0.15) is 0 Å². The van der Waals surface area contributed by atoms with Gasteiger partial charge < -0.3 is 15.7 Å². The normalized spacial score (nSPS) is 11.5. The molecule has 0 radical (unpaired) electrons. The first-order valence-corrected chi connectivity index (χ1v) is 4.91. The average Bonchev–Trinajstić information content (AvgIpc) is 2.21. The first-order valence-electron chi connectivity index (χ1n) is 3.78. The van der Waals surface area contributed by atoms with Gasteiger partial charge in [-0.3, -0.25) is 0 Å².